The zero-order valence-electron chi connectivity index (χ0n) is 9.81. The fraction of sp³-hybridized carbons (Fsp3) is 0.143. The van der Waals surface area contributed by atoms with E-state index in [2.05, 4.69) is 9.97 Å². The van der Waals surface area contributed by atoms with Gasteiger partial charge in [0.05, 0.1) is 17.1 Å². The molecule has 17 heavy (non-hydrogen) atoms. The zero-order chi connectivity index (χ0) is 12.3. The fourth-order valence-electron chi connectivity index (χ4n) is 1.49. The van der Waals surface area contributed by atoms with Crippen molar-refractivity contribution in [3.63, 3.8) is 0 Å². The lowest BCUT2D eigenvalue weighted by Gasteiger charge is -2.02. The molecule has 3 heteroatoms. The highest BCUT2D eigenvalue weighted by Gasteiger charge is 2.03. The van der Waals surface area contributed by atoms with Crippen LogP contribution in [0.25, 0.3) is 12.2 Å². The van der Waals surface area contributed by atoms with Crippen molar-refractivity contribution in [2.24, 2.45) is 0 Å². The summed E-state index contributed by atoms with van der Waals surface area (Å²) in [4.78, 5) is 8.64. The lowest BCUT2D eigenvalue weighted by atomic mass is 10.2. The Kier molecular flexibility index (Phi) is 3.55. The zero-order valence-corrected chi connectivity index (χ0v) is 10.6. The van der Waals surface area contributed by atoms with Crippen LogP contribution in [0.2, 0.25) is 5.15 Å². The highest BCUT2D eigenvalue weighted by Crippen LogP contribution is 2.15. The topological polar surface area (TPSA) is 25.8 Å². The van der Waals surface area contributed by atoms with E-state index in [1.54, 1.807) is 0 Å². The second-order valence-electron chi connectivity index (χ2n) is 3.81. The molecule has 2 nitrogen and oxygen atoms in total. The minimum atomic E-state index is 0.472. The molecule has 0 atom stereocenters. The Balaban J connectivity index is 2.31. The van der Waals surface area contributed by atoms with Gasteiger partial charge in [-0.25, -0.2) is 9.97 Å². The molecule has 2 aromatic rings. The largest absolute Gasteiger partial charge is 0.249 e. The molecule has 0 N–H and O–H groups in total. The number of nitrogens with zero attached hydrogens (tertiary/aromatic N) is 2. The molecule has 86 valence electrons. The maximum absolute atomic E-state index is 5.91. The molecule has 0 aliphatic heterocycles. The number of hydrogen-bond donors (Lipinski definition) is 0. The molecule has 0 saturated carbocycles. The van der Waals surface area contributed by atoms with Crippen LogP contribution in [0.4, 0.5) is 0 Å². The van der Waals surface area contributed by atoms with Gasteiger partial charge >= 0.3 is 0 Å². The van der Waals surface area contributed by atoms with E-state index < -0.39 is 0 Å². The SMILES string of the molecule is Cc1nc(/C=C/c2ccccc2)c(C)nc1Cl. The van der Waals surface area contributed by atoms with Crippen LogP contribution < -0.4 is 0 Å². The molecule has 0 bridgehead atoms. The highest BCUT2D eigenvalue weighted by molar-refractivity contribution is 6.30. The van der Waals surface area contributed by atoms with Crippen LogP contribution in [0.15, 0.2) is 30.3 Å². The van der Waals surface area contributed by atoms with Crippen LogP contribution in [-0.4, -0.2) is 9.97 Å². The van der Waals surface area contributed by atoms with Crippen molar-refractivity contribution in [3.05, 3.63) is 58.1 Å². The second-order valence-corrected chi connectivity index (χ2v) is 4.17. The quantitative estimate of drug-likeness (QED) is 0.800. The van der Waals surface area contributed by atoms with Gasteiger partial charge in [-0.2, -0.15) is 0 Å². The van der Waals surface area contributed by atoms with Gasteiger partial charge in [-0.3, -0.25) is 0 Å². The maximum Gasteiger partial charge on any atom is 0.150 e. The third-order valence-corrected chi connectivity index (χ3v) is 2.81. The number of hydrogen-bond acceptors (Lipinski definition) is 2. The summed E-state index contributed by atoms with van der Waals surface area (Å²) in [6.45, 7) is 3.76. The first-order valence-electron chi connectivity index (χ1n) is 5.40. The van der Waals surface area contributed by atoms with Gasteiger partial charge in [-0.05, 0) is 25.5 Å². The minimum absolute atomic E-state index is 0.472. The summed E-state index contributed by atoms with van der Waals surface area (Å²) in [6.07, 6.45) is 3.98. The number of rotatable bonds is 2. The minimum Gasteiger partial charge on any atom is -0.249 e. The third kappa shape index (κ3) is 2.92. The van der Waals surface area contributed by atoms with E-state index >= 15 is 0 Å². The maximum atomic E-state index is 5.91. The molecule has 0 aliphatic rings. The molecule has 0 unspecified atom stereocenters. The second kappa shape index (κ2) is 5.11. The van der Waals surface area contributed by atoms with E-state index in [0.717, 1.165) is 22.6 Å². The van der Waals surface area contributed by atoms with Crippen LogP contribution in [0.3, 0.4) is 0 Å². The molecular formula is C14H13ClN2. The molecule has 1 heterocycles. The molecule has 0 amide bonds. The monoisotopic (exact) mass is 244 g/mol. The van der Waals surface area contributed by atoms with Crippen molar-refractivity contribution in [2.75, 3.05) is 0 Å². The molecular weight excluding hydrogens is 232 g/mol. The average molecular weight is 245 g/mol. The Hall–Kier alpha value is -1.67. The van der Waals surface area contributed by atoms with Gasteiger partial charge in [0.1, 0.15) is 0 Å². The highest BCUT2D eigenvalue weighted by atomic mass is 35.5. The number of benzene rings is 1. The molecule has 1 aromatic carbocycles. The van der Waals surface area contributed by atoms with Gasteiger partial charge in [0, 0.05) is 0 Å². The molecule has 1 aromatic heterocycles. The third-order valence-electron chi connectivity index (χ3n) is 2.46. The van der Waals surface area contributed by atoms with Crippen molar-refractivity contribution >= 4 is 23.8 Å². The van der Waals surface area contributed by atoms with Gasteiger partial charge < -0.3 is 0 Å². The molecule has 0 saturated heterocycles. The van der Waals surface area contributed by atoms with Crippen LogP contribution in [0.1, 0.15) is 22.6 Å². The van der Waals surface area contributed by atoms with Crippen molar-refractivity contribution in [3.8, 4) is 0 Å². The Bertz CT molecular complexity index is 548. The molecule has 0 aliphatic carbocycles. The Morgan fingerprint density at radius 2 is 1.65 bits per heavy atom. The molecule has 0 spiro atoms. The summed E-state index contributed by atoms with van der Waals surface area (Å²) in [7, 11) is 0. The molecule has 0 fully saturated rings. The van der Waals surface area contributed by atoms with Crippen LogP contribution in [0, 0.1) is 13.8 Å². The summed E-state index contributed by atoms with van der Waals surface area (Å²) in [6, 6.07) is 10.1. The van der Waals surface area contributed by atoms with Gasteiger partial charge in [-0.15, -0.1) is 0 Å². The first kappa shape index (κ1) is 11.8. The van der Waals surface area contributed by atoms with Crippen molar-refractivity contribution in [1.29, 1.82) is 0 Å². The van der Waals surface area contributed by atoms with E-state index in [1.807, 2.05) is 56.3 Å². The predicted molar refractivity (Wildman–Crippen MR) is 71.9 cm³/mol. The molecule has 2 rings (SSSR count). The Labute approximate surface area is 106 Å². The van der Waals surface area contributed by atoms with Crippen molar-refractivity contribution in [2.45, 2.75) is 13.8 Å². The van der Waals surface area contributed by atoms with Gasteiger partial charge in [0.25, 0.3) is 0 Å². The number of aryl methyl sites for hydroxylation is 2. The lowest BCUT2D eigenvalue weighted by molar-refractivity contribution is 1.05. The summed E-state index contributed by atoms with van der Waals surface area (Å²) < 4.78 is 0. The van der Waals surface area contributed by atoms with Gasteiger partial charge in [0.2, 0.25) is 0 Å². The van der Waals surface area contributed by atoms with E-state index in [4.69, 9.17) is 11.6 Å². The Morgan fingerprint density at radius 3 is 2.35 bits per heavy atom. The average Bonchev–Trinajstić information content (AvgIpc) is 2.33. The number of aromatic nitrogens is 2. The predicted octanol–water partition coefficient (Wildman–Crippen LogP) is 3.92. The summed E-state index contributed by atoms with van der Waals surface area (Å²) >= 11 is 5.91. The van der Waals surface area contributed by atoms with E-state index in [9.17, 15) is 0 Å². The normalized spacial score (nSPS) is 11.0. The van der Waals surface area contributed by atoms with Crippen molar-refractivity contribution < 1.29 is 0 Å². The van der Waals surface area contributed by atoms with Gasteiger partial charge in [0.15, 0.2) is 5.15 Å². The smallest absolute Gasteiger partial charge is 0.150 e. The van der Waals surface area contributed by atoms with Crippen LogP contribution >= 0.6 is 11.6 Å². The van der Waals surface area contributed by atoms with Crippen LogP contribution in [-0.2, 0) is 0 Å². The lowest BCUT2D eigenvalue weighted by Crippen LogP contribution is -1.95. The summed E-state index contributed by atoms with van der Waals surface area (Å²) in [5, 5.41) is 0.472. The van der Waals surface area contributed by atoms with Gasteiger partial charge in [-0.1, -0.05) is 48.0 Å². The van der Waals surface area contributed by atoms with Crippen LogP contribution in [0.5, 0.6) is 0 Å². The molecule has 0 radical (unpaired) electrons. The standard InChI is InChI=1S/C14H13ClN2/c1-10-13(16-11(2)14(15)17-10)9-8-12-6-4-3-5-7-12/h3-9H,1-2H3/b9-8+. The summed E-state index contributed by atoms with van der Waals surface area (Å²) in [5.74, 6) is 0. The fourth-order valence-corrected chi connectivity index (χ4v) is 1.66. The van der Waals surface area contributed by atoms with Crippen molar-refractivity contribution in [1.82, 2.24) is 9.97 Å². The first-order chi connectivity index (χ1) is 8.16. The number of halogens is 1. The summed E-state index contributed by atoms with van der Waals surface area (Å²) in [5.41, 5.74) is 3.59. The van der Waals surface area contributed by atoms with E-state index in [0.29, 0.717) is 5.15 Å². The van der Waals surface area contributed by atoms with E-state index in [1.165, 1.54) is 0 Å². The first-order valence-corrected chi connectivity index (χ1v) is 5.78. The van der Waals surface area contributed by atoms with E-state index in [-0.39, 0.29) is 0 Å². The Morgan fingerprint density at radius 1 is 0.941 bits per heavy atom.